The molecule has 0 atom stereocenters. The lowest BCUT2D eigenvalue weighted by atomic mass is 9.99. The van der Waals surface area contributed by atoms with Crippen LogP contribution in [0.2, 0.25) is 0 Å². The largest absolute Gasteiger partial charge is 0.287 e. The molecule has 0 spiro atoms. The molecule has 0 amide bonds. The molecule has 1 heterocycles. The van der Waals surface area contributed by atoms with Crippen molar-refractivity contribution in [1.29, 1.82) is 0 Å². The number of aromatic nitrogens is 1. The van der Waals surface area contributed by atoms with Gasteiger partial charge in [0.1, 0.15) is 5.69 Å². The summed E-state index contributed by atoms with van der Waals surface area (Å²) >= 11 is 3.41. The van der Waals surface area contributed by atoms with Crippen LogP contribution in [0, 0.1) is 6.92 Å². The second-order valence-corrected chi connectivity index (χ2v) is 5.57. The number of hydrogen-bond acceptors (Lipinski definition) is 2. The maximum atomic E-state index is 12.5. The summed E-state index contributed by atoms with van der Waals surface area (Å²) in [6.45, 7) is 2.05. The topological polar surface area (TPSA) is 30.0 Å². The lowest BCUT2D eigenvalue weighted by molar-refractivity contribution is 0.103. The number of carbonyl (C=O) groups excluding carboxylic acids is 1. The highest BCUT2D eigenvalue weighted by molar-refractivity contribution is 9.10. The van der Waals surface area contributed by atoms with Gasteiger partial charge in [0.2, 0.25) is 5.78 Å². The number of pyridine rings is 1. The number of hydrogen-bond donors (Lipinski definition) is 0. The molecule has 18 heavy (non-hydrogen) atoms. The molecule has 0 bridgehead atoms. The molecule has 0 fully saturated rings. The number of ketones is 1. The third-order valence-electron chi connectivity index (χ3n) is 3.32. The van der Waals surface area contributed by atoms with Gasteiger partial charge in [-0.05, 0) is 52.9 Å². The molecule has 0 radical (unpaired) electrons. The van der Waals surface area contributed by atoms with E-state index in [-0.39, 0.29) is 5.78 Å². The summed E-state index contributed by atoms with van der Waals surface area (Å²) in [5, 5.41) is 0. The number of aryl methyl sites for hydroxylation is 3. The Morgan fingerprint density at radius 2 is 1.94 bits per heavy atom. The van der Waals surface area contributed by atoms with Crippen LogP contribution in [-0.2, 0) is 12.8 Å². The summed E-state index contributed by atoms with van der Waals surface area (Å²) in [6.07, 6.45) is 3.45. The Kier molecular flexibility index (Phi) is 2.78. The SMILES string of the molecule is Cc1ccc2c(c1)CCc1cc(Br)cnc1C2=O. The minimum Gasteiger partial charge on any atom is -0.287 e. The van der Waals surface area contributed by atoms with E-state index in [2.05, 4.69) is 33.9 Å². The Morgan fingerprint density at radius 3 is 2.78 bits per heavy atom. The molecular weight excluding hydrogens is 290 g/mol. The second kappa shape index (κ2) is 4.32. The minimum atomic E-state index is 0.0463. The lowest BCUT2D eigenvalue weighted by Gasteiger charge is -2.05. The van der Waals surface area contributed by atoms with E-state index in [0.29, 0.717) is 5.69 Å². The van der Waals surface area contributed by atoms with E-state index in [0.717, 1.165) is 34.0 Å². The van der Waals surface area contributed by atoms with Gasteiger partial charge in [-0.3, -0.25) is 9.78 Å². The first-order valence-electron chi connectivity index (χ1n) is 5.94. The highest BCUT2D eigenvalue weighted by atomic mass is 79.9. The van der Waals surface area contributed by atoms with E-state index >= 15 is 0 Å². The maximum absolute atomic E-state index is 12.5. The van der Waals surface area contributed by atoms with E-state index < -0.39 is 0 Å². The van der Waals surface area contributed by atoms with Crippen LogP contribution >= 0.6 is 15.9 Å². The summed E-state index contributed by atoms with van der Waals surface area (Å²) in [7, 11) is 0. The van der Waals surface area contributed by atoms with Crippen molar-refractivity contribution >= 4 is 21.7 Å². The zero-order valence-corrected chi connectivity index (χ0v) is 11.6. The Hall–Kier alpha value is -1.48. The van der Waals surface area contributed by atoms with Gasteiger partial charge in [-0.2, -0.15) is 0 Å². The Balaban J connectivity index is 2.18. The number of fused-ring (bicyclic) bond motifs is 2. The minimum absolute atomic E-state index is 0.0463. The first-order chi connectivity index (χ1) is 8.65. The molecule has 0 saturated carbocycles. The third-order valence-corrected chi connectivity index (χ3v) is 3.75. The van der Waals surface area contributed by atoms with E-state index in [9.17, 15) is 4.79 Å². The third kappa shape index (κ3) is 1.89. The van der Waals surface area contributed by atoms with Crippen LogP contribution in [0.3, 0.4) is 0 Å². The Labute approximate surface area is 114 Å². The molecule has 2 nitrogen and oxygen atoms in total. The van der Waals surface area contributed by atoms with Crippen molar-refractivity contribution in [3.8, 4) is 0 Å². The highest BCUT2D eigenvalue weighted by Crippen LogP contribution is 2.25. The first-order valence-corrected chi connectivity index (χ1v) is 6.73. The molecule has 1 aliphatic rings. The zero-order valence-electron chi connectivity index (χ0n) is 10.0. The van der Waals surface area contributed by atoms with Crippen LogP contribution in [0.4, 0.5) is 0 Å². The van der Waals surface area contributed by atoms with Gasteiger partial charge in [-0.15, -0.1) is 0 Å². The van der Waals surface area contributed by atoms with Gasteiger partial charge in [-0.25, -0.2) is 0 Å². The van der Waals surface area contributed by atoms with Gasteiger partial charge in [0, 0.05) is 16.2 Å². The molecular formula is C15H12BrNO. The average molecular weight is 302 g/mol. The smallest absolute Gasteiger partial charge is 0.211 e. The average Bonchev–Trinajstić information content (AvgIpc) is 2.47. The van der Waals surface area contributed by atoms with E-state index in [4.69, 9.17) is 0 Å². The molecule has 1 aromatic heterocycles. The summed E-state index contributed by atoms with van der Waals surface area (Å²) in [6, 6.07) is 8.01. The van der Waals surface area contributed by atoms with Gasteiger partial charge in [-0.1, -0.05) is 23.8 Å². The summed E-state index contributed by atoms with van der Waals surface area (Å²) < 4.78 is 0.927. The molecule has 0 aliphatic heterocycles. The van der Waals surface area contributed by atoms with E-state index in [1.165, 1.54) is 5.56 Å². The van der Waals surface area contributed by atoms with E-state index in [1.54, 1.807) is 6.20 Å². The molecule has 3 rings (SSSR count). The molecule has 3 heteroatoms. The number of halogens is 1. The second-order valence-electron chi connectivity index (χ2n) is 4.65. The quantitative estimate of drug-likeness (QED) is 0.745. The predicted molar refractivity (Wildman–Crippen MR) is 74.0 cm³/mol. The summed E-state index contributed by atoms with van der Waals surface area (Å²) in [5.74, 6) is 0.0463. The molecule has 0 unspecified atom stereocenters. The molecule has 90 valence electrons. The molecule has 1 aromatic carbocycles. The van der Waals surface area contributed by atoms with Gasteiger partial charge in [0.25, 0.3) is 0 Å². The molecule has 2 aromatic rings. The van der Waals surface area contributed by atoms with Crippen LogP contribution in [0.15, 0.2) is 34.9 Å². The zero-order chi connectivity index (χ0) is 12.7. The number of nitrogens with zero attached hydrogens (tertiary/aromatic N) is 1. The monoisotopic (exact) mass is 301 g/mol. The Bertz CT molecular complexity index is 593. The van der Waals surface area contributed by atoms with Crippen molar-refractivity contribution in [2.24, 2.45) is 0 Å². The van der Waals surface area contributed by atoms with Crippen molar-refractivity contribution in [2.75, 3.05) is 0 Å². The highest BCUT2D eigenvalue weighted by Gasteiger charge is 2.22. The van der Waals surface area contributed by atoms with Crippen LogP contribution in [0.5, 0.6) is 0 Å². The van der Waals surface area contributed by atoms with Crippen molar-refractivity contribution < 1.29 is 4.79 Å². The lowest BCUT2D eigenvalue weighted by Crippen LogP contribution is -2.06. The van der Waals surface area contributed by atoms with E-state index in [1.807, 2.05) is 18.2 Å². The van der Waals surface area contributed by atoms with Gasteiger partial charge < -0.3 is 0 Å². The fourth-order valence-electron chi connectivity index (χ4n) is 2.42. The first kappa shape index (κ1) is 11.6. The van der Waals surface area contributed by atoms with Crippen LogP contribution in [-0.4, -0.2) is 10.8 Å². The van der Waals surface area contributed by atoms with Gasteiger partial charge >= 0.3 is 0 Å². The number of carbonyl (C=O) groups is 1. The molecule has 1 aliphatic carbocycles. The fraction of sp³-hybridized carbons (Fsp3) is 0.200. The summed E-state index contributed by atoms with van der Waals surface area (Å²) in [4.78, 5) is 16.8. The molecule has 0 saturated heterocycles. The van der Waals surface area contributed by atoms with Crippen molar-refractivity contribution in [1.82, 2.24) is 4.98 Å². The van der Waals surface area contributed by atoms with Gasteiger partial charge in [0.15, 0.2) is 0 Å². The maximum Gasteiger partial charge on any atom is 0.211 e. The van der Waals surface area contributed by atoms with Crippen molar-refractivity contribution in [3.05, 3.63) is 62.9 Å². The number of rotatable bonds is 0. The van der Waals surface area contributed by atoms with Crippen molar-refractivity contribution in [2.45, 2.75) is 19.8 Å². The predicted octanol–water partition coefficient (Wildman–Crippen LogP) is 3.48. The standard InChI is InChI=1S/C15H12BrNO/c1-9-2-5-13-10(6-9)3-4-11-7-12(16)8-17-14(11)15(13)18/h2,5-8H,3-4H2,1H3. The fourth-order valence-corrected chi connectivity index (χ4v) is 2.80. The van der Waals surface area contributed by atoms with Gasteiger partial charge in [0.05, 0.1) is 0 Å². The normalized spacial score (nSPS) is 13.8. The summed E-state index contributed by atoms with van der Waals surface area (Å²) in [5.41, 5.74) is 4.76. The molecule has 0 N–H and O–H groups in total. The van der Waals surface area contributed by atoms with Crippen LogP contribution in [0.1, 0.15) is 32.7 Å². The number of benzene rings is 1. The van der Waals surface area contributed by atoms with Crippen LogP contribution < -0.4 is 0 Å². The van der Waals surface area contributed by atoms with Crippen molar-refractivity contribution in [3.63, 3.8) is 0 Å². The van der Waals surface area contributed by atoms with Crippen LogP contribution in [0.25, 0.3) is 0 Å². The Morgan fingerprint density at radius 1 is 1.17 bits per heavy atom.